The minimum atomic E-state index is -0.169. The second kappa shape index (κ2) is 7.01. The quantitative estimate of drug-likeness (QED) is 0.653. The van der Waals surface area contributed by atoms with E-state index in [1.807, 2.05) is 42.3 Å². The molecule has 1 aromatic carbocycles. The third-order valence-corrected chi connectivity index (χ3v) is 4.51. The van der Waals surface area contributed by atoms with Crippen molar-refractivity contribution >= 4 is 17.3 Å². The number of carbonyl (C=O) groups is 1. The van der Waals surface area contributed by atoms with E-state index in [0.717, 1.165) is 30.9 Å². The van der Waals surface area contributed by atoms with Crippen molar-refractivity contribution < 1.29 is 4.79 Å². The lowest BCUT2D eigenvalue weighted by atomic mass is 10.2. The van der Waals surface area contributed by atoms with Crippen LogP contribution in [0.4, 0.5) is 11.4 Å². The molecule has 26 heavy (non-hydrogen) atoms. The standard InChI is InChI=1S/C18H21N7O/c1-19-14-8-21-24(11-14)16-4-2-3-13(7-16)18(26)23-15-9-22-25(12-15)17-5-6-20-10-17/h2-4,7-9,11-12,17,19-20H,5-6,10H2,1H3,(H,23,26). The first-order valence-corrected chi connectivity index (χ1v) is 8.62. The van der Waals surface area contributed by atoms with Gasteiger partial charge in [0.2, 0.25) is 0 Å². The largest absolute Gasteiger partial charge is 0.386 e. The second-order valence-corrected chi connectivity index (χ2v) is 6.28. The third-order valence-electron chi connectivity index (χ3n) is 4.51. The molecule has 1 aliphatic rings. The number of nitrogens with one attached hydrogen (secondary N) is 3. The first-order valence-electron chi connectivity index (χ1n) is 8.62. The molecule has 1 atom stereocenters. The van der Waals surface area contributed by atoms with E-state index in [9.17, 15) is 4.79 Å². The lowest BCUT2D eigenvalue weighted by Gasteiger charge is -2.08. The van der Waals surface area contributed by atoms with Crippen molar-refractivity contribution in [2.24, 2.45) is 0 Å². The van der Waals surface area contributed by atoms with E-state index in [1.165, 1.54) is 0 Å². The zero-order valence-corrected chi connectivity index (χ0v) is 14.5. The highest BCUT2D eigenvalue weighted by Gasteiger charge is 2.17. The molecule has 1 saturated heterocycles. The Bertz CT molecular complexity index is 908. The molecule has 2 aromatic heterocycles. The van der Waals surface area contributed by atoms with Crippen LogP contribution in [0.3, 0.4) is 0 Å². The van der Waals surface area contributed by atoms with Gasteiger partial charge in [-0.05, 0) is 31.2 Å². The Morgan fingerprint density at radius 1 is 1.23 bits per heavy atom. The average molecular weight is 351 g/mol. The van der Waals surface area contributed by atoms with Gasteiger partial charge in [0.05, 0.1) is 41.7 Å². The van der Waals surface area contributed by atoms with Crippen molar-refractivity contribution in [3.05, 3.63) is 54.6 Å². The number of carbonyl (C=O) groups excluding carboxylic acids is 1. The third kappa shape index (κ3) is 3.31. The van der Waals surface area contributed by atoms with Gasteiger partial charge in [-0.2, -0.15) is 10.2 Å². The minimum Gasteiger partial charge on any atom is -0.386 e. The number of hydrogen-bond acceptors (Lipinski definition) is 5. The van der Waals surface area contributed by atoms with E-state index in [2.05, 4.69) is 26.1 Å². The van der Waals surface area contributed by atoms with Gasteiger partial charge in [-0.3, -0.25) is 9.48 Å². The summed E-state index contributed by atoms with van der Waals surface area (Å²) in [5.74, 6) is -0.169. The maximum absolute atomic E-state index is 12.6. The normalized spacial score (nSPS) is 16.6. The van der Waals surface area contributed by atoms with Gasteiger partial charge in [0, 0.05) is 25.4 Å². The van der Waals surface area contributed by atoms with Crippen LogP contribution in [0.2, 0.25) is 0 Å². The Morgan fingerprint density at radius 2 is 2.12 bits per heavy atom. The number of nitrogens with zero attached hydrogens (tertiary/aromatic N) is 4. The zero-order chi connectivity index (χ0) is 17.9. The first-order chi connectivity index (χ1) is 12.7. The van der Waals surface area contributed by atoms with Gasteiger partial charge in [0.15, 0.2) is 0 Å². The van der Waals surface area contributed by atoms with Gasteiger partial charge < -0.3 is 16.0 Å². The van der Waals surface area contributed by atoms with Crippen LogP contribution in [0.1, 0.15) is 22.8 Å². The molecule has 0 saturated carbocycles. The van der Waals surface area contributed by atoms with Gasteiger partial charge in [-0.25, -0.2) is 4.68 Å². The highest BCUT2D eigenvalue weighted by molar-refractivity contribution is 6.04. The molecule has 3 N–H and O–H groups in total. The number of amides is 1. The van der Waals surface area contributed by atoms with E-state index in [-0.39, 0.29) is 5.91 Å². The van der Waals surface area contributed by atoms with Crippen LogP contribution < -0.4 is 16.0 Å². The second-order valence-electron chi connectivity index (χ2n) is 6.28. The fourth-order valence-corrected chi connectivity index (χ4v) is 3.05. The smallest absolute Gasteiger partial charge is 0.255 e. The summed E-state index contributed by atoms with van der Waals surface area (Å²) in [6.45, 7) is 1.91. The number of anilines is 2. The lowest BCUT2D eigenvalue weighted by molar-refractivity contribution is 0.102. The van der Waals surface area contributed by atoms with Gasteiger partial charge >= 0.3 is 0 Å². The fraction of sp³-hybridized carbons (Fsp3) is 0.278. The maximum atomic E-state index is 12.6. The monoisotopic (exact) mass is 351 g/mol. The van der Waals surface area contributed by atoms with Crippen LogP contribution in [-0.2, 0) is 0 Å². The summed E-state index contributed by atoms with van der Waals surface area (Å²) >= 11 is 0. The molecule has 3 aromatic rings. The number of hydrogen-bond donors (Lipinski definition) is 3. The van der Waals surface area contributed by atoms with Crippen LogP contribution in [0.15, 0.2) is 49.1 Å². The van der Waals surface area contributed by atoms with Gasteiger partial charge in [-0.1, -0.05) is 6.07 Å². The number of aromatic nitrogens is 4. The van der Waals surface area contributed by atoms with Gasteiger partial charge in [-0.15, -0.1) is 0 Å². The van der Waals surface area contributed by atoms with Crippen molar-refractivity contribution in [3.8, 4) is 5.69 Å². The molecular formula is C18H21N7O. The zero-order valence-electron chi connectivity index (χ0n) is 14.5. The van der Waals surface area contributed by atoms with E-state index < -0.39 is 0 Å². The van der Waals surface area contributed by atoms with Crippen molar-refractivity contribution in [3.63, 3.8) is 0 Å². The molecule has 8 heteroatoms. The summed E-state index contributed by atoms with van der Waals surface area (Å²) in [5.41, 5.74) is 3.00. The Labute approximate surface area is 151 Å². The van der Waals surface area contributed by atoms with E-state index >= 15 is 0 Å². The predicted molar refractivity (Wildman–Crippen MR) is 99.8 cm³/mol. The van der Waals surface area contributed by atoms with Crippen molar-refractivity contribution in [2.45, 2.75) is 12.5 Å². The molecule has 8 nitrogen and oxygen atoms in total. The first kappa shape index (κ1) is 16.3. The Hall–Kier alpha value is -3.13. The van der Waals surface area contributed by atoms with Crippen LogP contribution in [-0.4, -0.2) is 45.6 Å². The molecule has 1 fully saturated rings. The summed E-state index contributed by atoms with van der Waals surface area (Å²) in [5, 5.41) is 17.9. The maximum Gasteiger partial charge on any atom is 0.255 e. The molecule has 134 valence electrons. The minimum absolute atomic E-state index is 0.169. The van der Waals surface area contributed by atoms with Crippen molar-refractivity contribution in [1.82, 2.24) is 24.9 Å². The average Bonchev–Trinajstić information content (AvgIpc) is 3.42. The van der Waals surface area contributed by atoms with Crippen LogP contribution in [0.25, 0.3) is 5.69 Å². The summed E-state index contributed by atoms with van der Waals surface area (Å²) in [7, 11) is 1.84. The molecule has 1 amide bonds. The molecule has 0 bridgehead atoms. The van der Waals surface area contributed by atoms with Gasteiger partial charge in [0.25, 0.3) is 5.91 Å². The molecule has 0 radical (unpaired) electrons. The SMILES string of the molecule is CNc1cnn(-c2cccc(C(=O)Nc3cnn(C4CCNC4)c3)c2)c1. The molecule has 0 spiro atoms. The van der Waals surface area contributed by atoms with Crippen molar-refractivity contribution in [1.29, 1.82) is 0 Å². The van der Waals surface area contributed by atoms with Crippen LogP contribution in [0.5, 0.6) is 0 Å². The van der Waals surface area contributed by atoms with Crippen molar-refractivity contribution in [2.75, 3.05) is 30.8 Å². The summed E-state index contributed by atoms with van der Waals surface area (Å²) in [4.78, 5) is 12.6. The predicted octanol–water partition coefficient (Wildman–Crippen LogP) is 1.90. The number of rotatable bonds is 5. The Morgan fingerprint density at radius 3 is 2.88 bits per heavy atom. The van der Waals surface area contributed by atoms with E-state index in [4.69, 9.17) is 0 Å². The molecule has 1 unspecified atom stereocenters. The fourth-order valence-electron chi connectivity index (χ4n) is 3.05. The van der Waals surface area contributed by atoms with Crippen LogP contribution >= 0.6 is 0 Å². The summed E-state index contributed by atoms with van der Waals surface area (Å²) < 4.78 is 3.64. The van der Waals surface area contributed by atoms with E-state index in [0.29, 0.717) is 17.3 Å². The number of benzene rings is 1. The molecular weight excluding hydrogens is 330 g/mol. The van der Waals surface area contributed by atoms with E-state index in [1.54, 1.807) is 23.1 Å². The summed E-state index contributed by atoms with van der Waals surface area (Å²) in [6, 6.07) is 7.71. The topological polar surface area (TPSA) is 88.8 Å². The van der Waals surface area contributed by atoms with Gasteiger partial charge in [0.1, 0.15) is 0 Å². The molecule has 3 heterocycles. The highest BCUT2D eigenvalue weighted by Crippen LogP contribution is 2.18. The Balaban J connectivity index is 1.48. The molecule has 0 aliphatic carbocycles. The Kier molecular flexibility index (Phi) is 4.40. The summed E-state index contributed by atoms with van der Waals surface area (Å²) in [6.07, 6.45) is 8.23. The lowest BCUT2D eigenvalue weighted by Crippen LogP contribution is -2.14. The molecule has 1 aliphatic heterocycles. The molecule has 4 rings (SSSR count). The highest BCUT2D eigenvalue weighted by atomic mass is 16.1. The van der Waals surface area contributed by atoms with Crippen LogP contribution in [0, 0.1) is 0 Å².